The number of nitrogens with zero attached hydrogens (tertiary/aromatic N) is 4. The SMILES string of the molecule is N=c1c2ncnc(Nc3ccc(F)cc3)c2ncn1NC(=O)c1ccco1. The summed E-state index contributed by atoms with van der Waals surface area (Å²) in [5.74, 6) is -0.431. The van der Waals surface area contributed by atoms with Crippen LogP contribution in [-0.2, 0) is 0 Å². The number of hydrogen-bond acceptors (Lipinski definition) is 7. The fourth-order valence-corrected chi connectivity index (χ4v) is 2.38. The molecule has 1 amide bonds. The third-order valence-electron chi connectivity index (χ3n) is 3.66. The highest BCUT2D eigenvalue weighted by Gasteiger charge is 2.13. The van der Waals surface area contributed by atoms with E-state index in [0.29, 0.717) is 17.0 Å². The van der Waals surface area contributed by atoms with Gasteiger partial charge < -0.3 is 9.73 Å². The number of fused-ring (bicyclic) bond motifs is 1. The van der Waals surface area contributed by atoms with Gasteiger partial charge in [0.15, 0.2) is 17.1 Å². The van der Waals surface area contributed by atoms with E-state index in [-0.39, 0.29) is 22.6 Å². The molecule has 9 nitrogen and oxygen atoms in total. The molecule has 134 valence electrons. The van der Waals surface area contributed by atoms with Gasteiger partial charge in [-0.05, 0) is 36.4 Å². The average molecular weight is 365 g/mol. The van der Waals surface area contributed by atoms with Crippen LogP contribution in [0, 0.1) is 11.2 Å². The number of carbonyl (C=O) groups is 1. The summed E-state index contributed by atoms with van der Waals surface area (Å²) in [5.41, 5.74) is 3.55. The van der Waals surface area contributed by atoms with E-state index >= 15 is 0 Å². The lowest BCUT2D eigenvalue weighted by Gasteiger charge is -2.11. The first-order valence-corrected chi connectivity index (χ1v) is 7.76. The van der Waals surface area contributed by atoms with Crippen LogP contribution in [0.5, 0.6) is 0 Å². The number of rotatable bonds is 4. The molecule has 0 unspecified atom stereocenters. The molecule has 0 spiro atoms. The van der Waals surface area contributed by atoms with Gasteiger partial charge in [-0.15, -0.1) is 0 Å². The smallest absolute Gasteiger partial charge is 0.305 e. The molecule has 0 saturated carbocycles. The predicted octanol–water partition coefficient (Wildman–Crippen LogP) is 2.17. The van der Waals surface area contributed by atoms with Crippen LogP contribution in [-0.4, -0.2) is 25.5 Å². The third kappa shape index (κ3) is 3.23. The molecular formula is C17H12FN7O2. The highest BCUT2D eigenvalue weighted by molar-refractivity contribution is 5.97. The molecule has 0 aliphatic heterocycles. The van der Waals surface area contributed by atoms with E-state index in [1.165, 1.54) is 37.1 Å². The fraction of sp³-hybridized carbons (Fsp3) is 0. The number of halogens is 1. The highest BCUT2D eigenvalue weighted by Crippen LogP contribution is 2.19. The van der Waals surface area contributed by atoms with Gasteiger partial charge in [-0.2, -0.15) is 0 Å². The van der Waals surface area contributed by atoms with Crippen molar-refractivity contribution in [3.05, 3.63) is 72.4 Å². The van der Waals surface area contributed by atoms with Gasteiger partial charge in [0.1, 0.15) is 29.5 Å². The topological polar surface area (TPSA) is 122 Å². The summed E-state index contributed by atoms with van der Waals surface area (Å²) in [6, 6.07) is 8.82. The Kier molecular flexibility index (Phi) is 4.05. The lowest BCUT2D eigenvalue weighted by atomic mass is 10.3. The first-order valence-electron chi connectivity index (χ1n) is 7.76. The molecule has 4 aromatic rings. The summed E-state index contributed by atoms with van der Waals surface area (Å²) in [6.45, 7) is 0. The lowest BCUT2D eigenvalue weighted by molar-refractivity contribution is 0.0980. The van der Waals surface area contributed by atoms with Crippen LogP contribution in [0.25, 0.3) is 11.0 Å². The summed E-state index contributed by atoms with van der Waals surface area (Å²) in [7, 11) is 0. The van der Waals surface area contributed by atoms with Crippen LogP contribution >= 0.6 is 0 Å². The number of carbonyl (C=O) groups excluding carboxylic acids is 1. The molecule has 0 bridgehead atoms. The highest BCUT2D eigenvalue weighted by atomic mass is 19.1. The number of furan rings is 1. The quantitative estimate of drug-likeness (QED) is 0.509. The molecule has 0 atom stereocenters. The Morgan fingerprint density at radius 1 is 1.11 bits per heavy atom. The first kappa shape index (κ1) is 16.4. The van der Waals surface area contributed by atoms with Crippen LogP contribution in [0.4, 0.5) is 15.9 Å². The number of anilines is 2. The molecule has 3 N–H and O–H groups in total. The van der Waals surface area contributed by atoms with E-state index < -0.39 is 5.91 Å². The van der Waals surface area contributed by atoms with E-state index in [1.807, 2.05) is 0 Å². The van der Waals surface area contributed by atoms with Crippen molar-refractivity contribution in [2.75, 3.05) is 10.7 Å². The van der Waals surface area contributed by atoms with Gasteiger partial charge in [-0.1, -0.05) is 0 Å². The Morgan fingerprint density at radius 2 is 1.93 bits per heavy atom. The Labute approximate surface area is 151 Å². The molecular weight excluding hydrogens is 353 g/mol. The van der Waals surface area contributed by atoms with Crippen molar-refractivity contribution in [3.63, 3.8) is 0 Å². The molecule has 0 fully saturated rings. The van der Waals surface area contributed by atoms with Crippen molar-refractivity contribution in [2.24, 2.45) is 0 Å². The van der Waals surface area contributed by atoms with E-state index in [2.05, 4.69) is 25.7 Å². The maximum Gasteiger partial charge on any atom is 0.305 e. The van der Waals surface area contributed by atoms with Crippen LogP contribution < -0.4 is 16.2 Å². The van der Waals surface area contributed by atoms with Crippen molar-refractivity contribution in [2.45, 2.75) is 0 Å². The number of hydrogen-bond donors (Lipinski definition) is 3. The number of aromatic nitrogens is 4. The molecule has 3 heterocycles. The second-order valence-corrected chi connectivity index (χ2v) is 5.43. The van der Waals surface area contributed by atoms with E-state index in [4.69, 9.17) is 9.83 Å². The normalized spacial score (nSPS) is 10.7. The van der Waals surface area contributed by atoms with Gasteiger partial charge >= 0.3 is 5.91 Å². The summed E-state index contributed by atoms with van der Waals surface area (Å²) in [5, 5.41) is 11.3. The first-order chi connectivity index (χ1) is 13.1. The van der Waals surface area contributed by atoms with Crippen molar-refractivity contribution < 1.29 is 13.6 Å². The Morgan fingerprint density at radius 3 is 2.67 bits per heavy atom. The van der Waals surface area contributed by atoms with Crippen molar-refractivity contribution >= 4 is 28.4 Å². The Hall–Kier alpha value is -4.08. The molecule has 0 saturated heterocycles. The molecule has 10 heteroatoms. The zero-order valence-corrected chi connectivity index (χ0v) is 13.7. The van der Waals surface area contributed by atoms with Crippen LogP contribution in [0.2, 0.25) is 0 Å². The molecule has 3 aromatic heterocycles. The zero-order chi connectivity index (χ0) is 18.8. The summed E-state index contributed by atoms with van der Waals surface area (Å²) < 4.78 is 19.2. The van der Waals surface area contributed by atoms with Crippen molar-refractivity contribution in [1.82, 2.24) is 19.6 Å². The molecule has 0 aliphatic carbocycles. The minimum atomic E-state index is -0.529. The Bertz CT molecular complexity index is 1170. The van der Waals surface area contributed by atoms with Gasteiger partial charge in [-0.25, -0.2) is 24.0 Å². The second-order valence-electron chi connectivity index (χ2n) is 5.43. The third-order valence-corrected chi connectivity index (χ3v) is 3.66. The minimum absolute atomic E-state index is 0.0931. The van der Waals surface area contributed by atoms with E-state index in [0.717, 1.165) is 4.68 Å². The molecule has 27 heavy (non-hydrogen) atoms. The standard InChI is InChI=1S/C17H12FN7O2/c18-10-3-5-11(6-4-10)23-16-14-13(20-8-21-16)15(19)25(9-22-14)24-17(26)12-2-1-7-27-12/h1-9,19H,(H,24,26)(H,20,21,23). The number of benzene rings is 1. The van der Waals surface area contributed by atoms with Gasteiger partial charge in [0.2, 0.25) is 0 Å². The summed E-state index contributed by atoms with van der Waals surface area (Å²) in [6.07, 6.45) is 3.91. The monoisotopic (exact) mass is 365 g/mol. The average Bonchev–Trinajstić information content (AvgIpc) is 3.21. The van der Waals surface area contributed by atoms with Crippen LogP contribution in [0.15, 0.2) is 59.7 Å². The van der Waals surface area contributed by atoms with Gasteiger partial charge in [0, 0.05) is 5.69 Å². The predicted molar refractivity (Wildman–Crippen MR) is 93.3 cm³/mol. The fourth-order valence-electron chi connectivity index (χ4n) is 2.38. The zero-order valence-electron chi connectivity index (χ0n) is 13.7. The van der Waals surface area contributed by atoms with Crippen LogP contribution in [0.3, 0.4) is 0 Å². The van der Waals surface area contributed by atoms with Crippen molar-refractivity contribution in [1.29, 1.82) is 5.41 Å². The minimum Gasteiger partial charge on any atom is -0.459 e. The molecule has 0 aliphatic rings. The van der Waals surface area contributed by atoms with Crippen LogP contribution in [0.1, 0.15) is 10.6 Å². The van der Waals surface area contributed by atoms with Gasteiger partial charge in [-0.3, -0.25) is 15.6 Å². The molecule has 4 rings (SSSR count). The summed E-state index contributed by atoms with van der Waals surface area (Å²) in [4.78, 5) is 24.5. The van der Waals surface area contributed by atoms with Crippen molar-refractivity contribution in [3.8, 4) is 0 Å². The van der Waals surface area contributed by atoms with Gasteiger partial charge in [0.05, 0.1) is 6.26 Å². The maximum atomic E-state index is 13.0. The molecule has 1 aromatic carbocycles. The number of amides is 1. The summed E-state index contributed by atoms with van der Waals surface area (Å²) >= 11 is 0. The lowest BCUT2D eigenvalue weighted by Crippen LogP contribution is -2.33. The molecule has 0 radical (unpaired) electrons. The van der Waals surface area contributed by atoms with E-state index in [9.17, 15) is 9.18 Å². The largest absolute Gasteiger partial charge is 0.459 e. The maximum absolute atomic E-state index is 13.0. The van der Waals surface area contributed by atoms with E-state index in [1.54, 1.807) is 18.2 Å². The van der Waals surface area contributed by atoms with Gasteiger partial charge in [0.25, 0.3) is 0 Å². The number of nitrogens with one attached hydrogen (secondary N) is 3. The second kappa shape index (κ2) is 6.67. The Balaban J connectivity index is 1.68.